The zero-order valence-corrected chi connectivity index (χ0v) is 13.3. The summed E-state index contributed by atoms with van der Waals surface area (Å²) in [5.41, 5.74) is 0. The molecular formula is C18H23NO3. The molecule has 4 nitrogen and oxygen atoms in total. The van der Waals surface area contributed by atoms with Gasteiger partial charge in [-0.25, -0.2) is 0 Å². The van der Waals surface area contributed by atoms with Gasteiger partial charge in [-0.2, -0.15) is 0 Å². The number of carbonyl (C=O) groups excluding carboxylic acids is 1. The molecule has 2 aromatic carbocycles. The van der Waals surface area contributed by atoms with Crippen molar-refractivity contribution < 1.29 is 14.3 Å². The second-order valence-electron chi connectivity index (χ2n) is 5.58. The molecule has 4 heteroatoms. The molecule has 2 rings (SSSR count). The predicted octanol–water partition coefficient (Wildman–Crippen LogP) is 3.15. The van der Waals surface area contributed by atoms with Gasteiger partial charge in [0.25, 0.3) is 0 Å². The van der Waals surface area contributed by atoms with Crippen LogP contribution in [0.2, 0.25) is 0 Å². The van der Waals surface area contributed by atoms with Crippen LogP contribution in [-0.2, 0) is 9.53 Å². The minimum Gasteiger partial charge on any atom is -0.489 e. The van der Waals surface area contributed by atoms with E-state index in [4.69, 9.17) is 9.47 Å². The van der Waals surface area contributed by atoms with Crippen LogP contribution < -0.4 is 10.1 Å². The van der Waals surface area contributed by atoms with Gasteiger partial charge >= 0.3 is 5.97 Å². The summed E-state index contributed by atoms with van der Waals surface area (Å²) < 4.78 is 11.2. The molecule has 0 aliphatic rings. The molecule has 0 aliphatic carbocycles. The van der Waals surface area contributed by atoms with Crippen molar-refractivity contribution in [2.24, 2.45) is 0 Å². The summed E-state index contributed by atoms with van der Waals surface area (Å²) in [6, 6.07) is 14.3. The quantitative estimate of drug-likeness (QED) is 0.798. The monoisotopic (exact) mass is 301 g/mol. The Morgan fingerprint density at radius 2 is 1.86 bits per heavy atom. The molecule has 0 unspecified atom stereocenters. The zero-order valence-electron chi connectivity index (χ0n) is 13.3. The minimum absolute atomic E-state index is 0.294. The van der Waals surface area contributed by atoms with E-state index in [1.807, 2.05) is 42.5 Å². The molecule has 2 aromatic rings. The Bertz CT molecular complexity index is 619. The van der Waals surface area contributed by atoms with Crippen LogP contribution in [0.25, 0.3) is 10.8 Å². The Balaban J connectivity index is 2.05. The molecule has 0 saturated heterocycles. The lowest BCUT2D eigenvalue weighted by Gasteiger charge is -2.20. The molecule has 22 heavy (non-hydrogen) atoms. The number of benzene rings is 2. The second-order valence-corrected chi connectivity index (χ2v) is 5.58. The summed E-state index contributed by atoms with van der Waals surface area (Å²) in [4.78, 5) is 11.2. The molecule has 0 saturated carbocycles. The summed E-state index contributed by atoms with van der Waals surface area (Å²) in [6.07, 6.45) is -0.307. The molecule has 118 valence electrons. The van der Waals surface area contributed by atoms with Crippen LogP contribution in [0.5, 0.6) is 5.75 Å². The average Bonchev–Trinajstić information content (AvgIpc) is 2.49. The van der Waals surface area contributed by atoms with Crippen molar-refractivity contribution in [1.29, 1.82) is 0 Å². The van der Waals surface area contributed by atoms with Crippen LogP contribution in [0.3, 0.4) is 0 Å². The van der Waals surface area contributed by atoms with Gasteiger partial charge in [-0.3, -0.25) is 4.79 Å². The van der Waals surface area contributed by atoms with Crippen molar-refractivity contribution >= 4 is 16.7 Å². The van der Waals surface area contributed by atoms with Crippen LogP contribution in [0.1, 0.15) is 20.8 Å². The fraction of sp³-hybridized carbons (Fsp3) is 0.389. The van der Waals surface area contributed by atoms with Gasteiger partial charge in [0.1, 0.15) is 18.5 Å². The minimum atomic E-state index is -0.307. The summed E-state index contributed by atoms with van der Waals surface area (Å²) in [7, 11) is 0. The molecule has 0 spiro atoms. The molecular weight excluding hydrogens is 278 g/mol. The number of carbonyl (C=O) groups is 1. The third-order valence-electron chi connectivity index (χ3n) is 3.26. The van der Waals surface area contributed by atoms with Gasteiger partial charge in [0.15, 0.2) is 0 Å². The standard InChI is InChI=1S/C18H23NO3/c1-13(2)19-11-16(22-14(3)20)12-21-18-10-6-8-15-7-4-5-9-17(15)18/h4-10,13,16,19H,11-12H2,1-3H3/t16-/m0/s1. The van der Waals surface area contributed by atoms with Gasteiger partial charge in [0.2, 0.25) is 0 Å². The third kappa shape index (κ3) is 4.74. The van der Waals surface area contributed by atoms with Crippen molar-refractivity contribution in [2.75, 3.05) is 13.2 Å². The Labute approximate surface area is 131 Å². The number of nitrogens with one attached hydrogen (secondary N) is 1. The van der Waals surface area contributed by atoms with E-state index in [1.54, 1.807) is 0 Å². The van der Waals surface area contributed by atoms with Crippen molar-refractivity contribution in [3.05, 3.63) is 42.5 Å². The lowest BCUT2D eigenvalue weighted by molar-refractivity contribution is -0.147. The number of esters is 1. The van der Waals surface area contributed by atoms with E-state index < -0.39 is 0 Å². The topological polar surface area (TPSA) is 47.6 Å². The van der Waals surface area contributed by atoms with Crippen LogP contribution in [0, 0.1) is 0 Å². The predicted molar refractivity (Wildman–Crippen MR) is 88.1 cm³/mol. The van der Waals surface area contributed by atoms with Crippen LogP contribution >= 0.6 is 0 Å². The highest BCUT2D eigenvalue weighted by atomic mass is 16.6. The van der Waals surface area contributed by atoms with Gasteiger partial charge in [0.05, 0.1) is 0 Å². The van der Waals surface area contributed by atoms with E-state index in [-0.39, 0.29) is 12.1 Å². The molecule has 1 N–H and O–H groups in total. The van der Waals surface area contributed by atoms with E-state index in [9.17, 15) is 4.79 Å². The normalized spacial score (nSPS) is 12.4. The highest BCUT2D eigenvalue weighted by Crippen LogP contribution is 2.25. The number of ether oxygens (including phenoxy) is 2. The van der Waals surface area contributed by atoms with Crippen LogP contribution in [0.15, 0.2) is 42.5 Å². The highest BCUT2D eigenvalue weighted by molar-refractivity contribution is 5.88. The second kappa shape index (κ2) is 7.80. The third-order valence-corrected chi connectivity index (χ3v) is 3.26. The Kier molecular flexibility index (Phi) is 5.78. The van der Waals surface area contributed by atoms with Gasteiger partial charge in [-0.15, -0.1) is 0 Å². The van der Waals surface area contributed by atoms with Crippen molar-refractivity contribution in [1.82, 2.24) is 5.32 Å². The molecule has 1 atom stereocenters. The SMILES string of the molecule is CC(=O)O[C@@H](CNC(C)C)COc1cccc2ccccc12. The summed E-state index contributed by atoms with van der Waals surface area (Å²) in [5.74, 6) is 0.511. The highest BCUT2D eigenvalue weighted by Gasteiger charge is 2.14. The molecule has 0 radical (unpaired) electrons. The summed E-state index contributed by atoms with van der Waals surface area (Å²) in [5, 5.41) is 5.45. The van der Waals surface area contributed by atoms with E-state index in [2.05, 4.69) is 19.2 Å². The van der Waals surface area contributed by atoms with E-state index in [0.717, 1.165) is 16.5 Å². The number of hydrogen-bond acceptors (Lipinski definition) is 4. The number of hydrogen-bond donors (Lipinski definition) is 1. The van der Waals surface area contributed by atoms with Gasteiger partial charge in [0, 0.05) is 24.9 Å². The maximum Gasteiger partial charge on any atom is 0.303 e. The van der Waals surface area contributed by atoms with E-state index in [1.165, 1.54) is 6.92 Å². The van der Waals surface area contributed by atoms with Crippen molar-refractivity contribution in [2.45, 2.75) is 32.9 Å². The van der Waals surface area contributed by atoms with Crippen LogP contribution in [0.4, 0.5) is 0 Å². The molecule has 0 amide bonds. The molecule has 0 aliphatic heterocycles. The maximum absolute atomic E-state index is 11.2. The first-order valence-corrected chi connectivity index (χ1v) is 7.57. The number of rotatable bonds is 7. The lowest BCUT2D eigenvalue weighted by Crippen LogP contribution is -2.38. The van der Waals surface area contributed by atoms with Gasteiger partial charge in [-0.1, -0.05) is 50.2 Å². The summed E-state index contributed by atoms with van der Waals surface area (Å²) >= 11 is 0. The van der Waals surface area contributed by atoms with E-state index >= 15 is 0 Å². The smallest absolute Gasteiger partial charge is 0.303 e. The lowest BCUT2D eigenvalue weighted by atomic mass is 10.1. The Hall–Kier alpha value is -2.07. The number of fused-ring (bicyclic) bond motifs is 1. The summed E-state index contributed by atoms with van der Waals surface area (Å²) in [6.45, 7) is 6.42. The first kappa shape index (κ1) is 16.3. The van der Waals surface area contributed by atoms with Crippen molar-refractivity contribution in [3.8, 4) is 5.75 Å². The first-order chi connectivity index (χ1) is 10.6. The first-order valence-electron chi connectivity index (χ1n) is 7.57. The molecule has 0 fully saturated rings. The molecule has 0 bridgehead atoms. The van der Waals surface area contributed by atoms with Gasteiger partial charge < -0.3 is 14.8 Å². The molecule has 0 heterocycles. The molecule has 0 aromatic heterocycles. The largest absolute Gasteiger partial charge is 0.489 e. The maximum atomic E-state index is 11.2. The van der Waals surface area contributed by atoms with Gasteiger partial charge in [-0.05, 0) is 11.5 Å². The van der Waals surface area contributed by atoms with Crippen molar-refractivity contribution in [3.63, 3.8) is 0 Å². The Morgan fingerprint density at radius 1 is 1.14 bits per heavy atom. The van der Waals surface area contributed by atoms with Crippen LogP contribution in [-0.4, -0.2) is 31.3 Å². The average molecular weight is 301 g/mol. The Morgan fingerprint density at radius 3 is 2.59 bits per heavy atom. The fourth-order valence-electron chi connectivity index (χ4n) is 2.24. The van der Waals surface area contributed by atoms with E-state index in [0.29, 0.717) is 19.2 Å². The fourth-order valence-corrected chi connectivity index (χ4v) is 2.24. The zero-order chi connectivity index (χ0) is 15.9.